The molecule has 0 unspecified atom stereocenters. The number of nitrogens with zero attached hydrogens (tertiary/aromatic N) is 4. The average Bonchev–Trinajstić information content (AvgIpc) is 3.78. The van der Waals surface area contributed by atoms with Crippen LogP contribution in [0.5, 0.6) is 11.5 Å². The molecule has 66 heavy (non-hydrogen) atoms. The van der Waals surface area contributed by atoms with Crippen LogP contribution in [0.3, 0.4) is 0 Å². The maximum Gasteiger partial charge on any atom is 0.136 e. The van der Waals surface area contributed by atoms with Gasteiger partial charge in [-0.15, -0.1) is 48.1 Å². The van der Waals surface area contributed by atoms with Crippen molar-refractivity contribution in [2.75, 3.05) is 9.80 Å². The number of benzene rings is 6. The predicted molar refractivity (Wildman–Crippen MR) is 278 cm³/mol. The normalized spacial score (nSPS) is 13.4. The summed E-state index contributed by atoms with van der Waals surface area (Å²) in [6.07, 6.45) is 1.95. The summed E-state index contributed by atoms with van der Waals surface area (Å²) in [5, 5.41) is 3.83. The Labute approximate surface area is 409 Å². The van der Waals surface area contributed by atoms with Gasteiger partial charge in [-0.1, -0.05) is 135 Å². The van der Waals surface area contributed by atoms with Gasteiger partial charge in [0.2, 0.25) is 0 Å². The predicted octanol–water partition coefficient (Wildman–Crippen LogP) is 15.7. The van der Waals surface area contributed by atoms with Gasteiger partial charge in [0, 0.05) is 61.3 Å². The van der Waals surface area contributed by atoms with Gasteiger partial charge in [0.1, 0.15) is 5.82 Å². The van der Waals surface area contributed by atoms with Crippen LogP contribution in [0.15, 0.2) is 121 Å². The van der Waals surface area contributed by atoms with E-state index in [4.69, 9.17) is 9.72 Å². The Hall–Kier alpha value is -5.42. The molecule has 7 heteroatoms. The first-order valence-corrected chi connectivity index (χ1v) is 26.5. The quantitative estimate of drug-likeness (QED) is 0.118. The zero-order valence-corrected chi connectivity index (χ0v) is 44.4. The third-order valence-corrected chi connectivity index (χ3v) is 15.0. The number of pyridine rings is 1. The van der Waals surface area contributed by atoms with Gasteiger partial charge in [-0.25, -0.2) is 4.98 Å². The van der Waals surface area contributed by atoms with Crippen molar-refractivity contribution < 1.29 is 25.8 Å². The standard InChI is InChI=1S/C59H63N4OSi.Pt/c1-38-29-41(57(3,4)5)30-39(2)55(38)40-27-28-60-54(31-40)63-51-23-18-24-53(65(12,13)14)56(51)48-26-25-47(36-52(48)63)64-46-20-17-19-44(35-46)61-37-62(50-22-16-15-21-49(50)61)45-33-42(58(6,7)8)32-43(34-45)59(9,10)11;/h15-34,37H,1-14H3;/q-3;. The average molecular weight is 1070 g/mol. The van der Waals surface area contributed by atoms with Crippen molar-refractivity contribution in [1.82, 2.24) is 9.55 Å². The smallest absolute Gasteiger partial charge is 0.136 e. The summed E-state index contributed by atoms with van der Waals surface area (Å²) in [5.74, 6) is 2.08. The van der Waals surface area contributed by atoms with E-state index in [2.05, 4.69) is 232 Å². The number of fused-ring (bicyclic) bond motifs is 4. The Balaban J connectivity index is 0.00000592. The summed E-state index contributed by atoms with van der Waals surface area (Å²) < 4.78 is 9.03. The van der Waals surface area contributed by atoms with Gasteiger partial charge in [0.05, 0.1) is 8.07 Å². The second-order valence-electron chi connectivity index (χ2n) is 22.1. The number of para-hydroxylation sites is 2. The van der Waals surface area contributed by atoms with Crippen molar-refractivity contribution in [3.05, 3.63) is 168 Å². The molecule has 2 aromatic heterocycles. The zero-order valence-electron chi connectivity index (χ0n) is 41.1. The molecule has 0 N–H and O–H groups in total. The number of aryl methyl sites for hydroxylation is 2. The molecule has 0 fully saturated rings. The van der Waals surface area contributed by atoms with E-state index >= 15 is 0 Å². The van der Waals surface area contributed by atoms with Crippen LogP contribution < -0.4 is 19.7 Å². The number of aromatic nitrogens is 2. The SMILES string of the molecule is Cc1cc(C(C)(C)C)cc(C)c1-c1ccnc(-n2c3[c-]c(Oc4[c-]c(N5[CH-]N(c6cc(C(C)(C)C)cc(C(C)(C)C)c6)c6ccccc65)ccc4)ccc3c3c([Si](C)(C)C)cccc32)c1.[Pt]. The second-order valence-corrected chi connectivity index (χ2v) is 27.2. The Bertz CT molecular complexity index is 3080. The minimum Gasteiger partial charge on any atom is -0.509 e. The Kier molecular flexibility index (Phi) is 12.1. The summed E-state index contributed by atoms with van der Waals surface area (Å²) in [7, 11) is -1.77. The summed E-state index contributed by atoms with van der Waals surface area (Å²) in [4.78, 5) is 9.58. The minimum absolute atomic E-state index is 0. The van der Waals surface area contributed by atoms with Crippen molar-refractivity contribution in [3.63, 3.8) is 0 Å². The van der Waals surface area contributed by atoms with Crippen LogP contribution in [0.4, 0.5) is 22.7 Å². The topological polar surface area (TPSA) is 33.5 Å². The molecule has 0 atom stereocenters. The molecule has 0 aliphatic carbocycles. The number of hydrogen-bond donors (Lipinski definition) is 0. The van der Waals surface area contributed by atoms with Gasteiger partial charge < -0.3 is 19.1 Å². The molecule has 1 aliphatic heterocycles. The van der Waals surface area contributed by atoms with Gasteiger partial charge in [-0.2, -0.15) is 12.1 Å². The van der Waals surface area contributed by atoms with Crippen LogP contribution in [0, 0.1) is 32.6 Å². The van der Waals surface area contributed by atoms with Crippen molar-refractivity contribution in [3.8, 4) is 28.4 Å². The van der Waals surface area contributed by atoms with Gasteiger partial charge in [0.15, 0.2) is 0 Å². The first kappa shape index (κ1) is 47.1. The molecule has 3 heterocycles. The molecule has 342 valence electrons. The Morgan fingerprint density at radius 2 is 1.20 bits per heavy atom. The number of anilines is 4. The maximum absolute atomic E-state index is 6.75. The van der Waals surface area contributed by atoms with Crippen molar-refractivity contribution in [2.24, 2.45) is 0 Å². The second kappa shape index (κ2) is 17.0. The molecule has 6 aromatic carbocycles. The van der Waals surface area contributed by atoms with Crippen LogP contribution in [0.1, 0.15) is 90.1 Å². The minimum atomic E-state index is -1.77. The van der Waals surface area contributed by atoms with E-state index in [1.54, 1.807) is 0 Å². The Morgan fingerprint density at radius 3 is 1.82 bits per heavy atom. The number of rotatable bonds is 7. The maximum atomic E-state index is 6.75. The van der Waals surface area contributed by atoms with Crippen LogP contribution in [0.25, 0.3) is 38.8 Å². The molecule has 8 aromatic rings. The molecule has 0 saturated carbocycles. The van der Waals surface area contributed by atoms with Gasteiger partial charge in [-0.3, -0.25) is 0 Å². The molecule has 0 saturated heterocycles. The molecule has 0 bridgehead atoms. The van der Waals surface area contributed by atoms with Crippen molar-refractivity contribution in [2.45, 2.75) is 112 Å². The summed E-state index contributed by atoms with van der Waals surface area (Å²) in [6.45, 7) is 34.5. The zero-order chi connectivity index (χ0) is 46.4. The Morgan fingerprint density at radius 1 is 0.606 bits per heavy atom. The molecular weight excluding hydrogens is 1000 g/mol. The van der Waals surface area contributed by atoms with Crippen LogP contribution in [0.2, 0.25) is 19.6 Å². The number of ether oxygens (including phenoxy) is 1. The fourth-order valence-corrected chi connectivity index (χ4v) is 10.9. The van der Waals surface area contributed by atoms with Crippen molar-refractivity contribution >= 4 is 57.8 Å². The fourth-order valence-electron chi connectivity index (χ4n) is 9.32. The number of hydrogen-bond acceptors (Lipinski definition) is 4. The first-order chi connectivity index (χ1) is 30.6. The monoisotopic (exact) mass is 1070 g/mol. The van der Waals surface area contributed by atoms with E-state index in [9.17, 15) is 0 Å². The summed E-state index contributed by atoms with van der Waals surface area (Å²) in [5.41, 5.74) is 15.3. The first-order valence-electron chi connectivity index (χ1n) is 23.0. The van der Waals surface area contributed by atoms with Gasteiger partial charge >= 0.3 is 0 Å². The van der Waals surface area contributed by atoms with E-state index in [1.165, 1.54) is 44.0 Å². The van der Waals surface area contributed by atoms with Gasteiger partial charge in [-0.05, 0) is 117 Å². The third-order valence-electron chi connectivity index (χ3n) is 12.9. The summed E-state index contributed by atoms with van der Waals surface area (Å²) >= 11 is 0. The molecule has 0 spiro atoms. The van der Waals surface area contributed by atoms with E-state index in [-0.39, 0.29) is 37.3 Å². The van der Waals surface area contributed by atoms with Crippen LogP contribution >= 0.6 is 0 Å². The van der Waals surface area contributed by atoms with E-state index in [1.807, 2.05) is 18.3 Å². The van der Waals surface area contributed by atoms with E-state index in [0.29, 0.717) is 11.5 Å². The van der Waals surface area contributed by atoms with Crippen molar-refractivity contribution in [1.29, 1.82) is 0 Å². The van der Waals surface area contributed by atoms with E-state index < -0.39 is 8.07 Å². The fraction of sp³-hybridized carbons (Fsp3) is 0.288. The van der Waals surface area contributed by atoms with Crippen LogP contribution in [-0.2, 0) is 37.3 Å². The molecular formula is C59H63N4OPtSi-3. The molecule has 0 radical (unpaired) electrons. The molecule has 1 aliphatic rings. The molecule has 9 rings (SSSR count). The largest absolute Gasteiger partial charge is 0.509 e. The van der Waals surface area contributed by atoms with Crippen LogP contribution in [-0.4, -0.2) is 17.6 Å². The molecule has 5 nitrogen and oxygen atoms in total. The third kappa shape index (κ3) is 8.80. The molecule has 0 amide bonds. The summed E-state index contributed by atoms with van der Waals surface area (Å²) in [6, 6.07) is 49.2. The van der Waals surface area contributed by atoms with E-state index in [0.717, 1.165) is 50.6 Å². The van der Waals surface area contributed by atoms with Gasteiger partial charge in [0.25, 0.3) is 0 Å².